The molecule has 0 saturated heterocycles. The third-order valence-corrected chi connectivity index (χ3v) is 3.33. The van der Waals surface area contributed by atoms with Crippen LogP contribution < -0.4 is 5.32 Å². The number of H-pyrrole nitrogens is 1. The van der Waals surface area contributed by atoms with E-state index in [1.54, 1.807) is 12.4 Å². The molecule has 0 aliphatic heterocycles. The maximum absolute atomic E-state index is 12.5. The van der Waals surface area contributed by atoms with Gasteiger partial charge in [0.1, 0.15) is 5.82 Å². The Morgan fingerprint density at radius 2 is 1.95 bits per heavy atom. The largest absolute Gasteiger partial charge is 0.416 e. The van der Waals surface area contributed by atoms with Gasteiger partial charge in [0.2, 0.25) is 0 Å². The fraction of sp³-hybridized carbons (Fsp3) is 0.400. The second-order valence-corrected chi connectivity index (χ2v) is 4.94. The molecule has 1 atom stereocenters. The lowest BCUT2D eigenvalue weighted by Crippen LogP contribution is -2.20. The van der Waals surface area contributed by atoms with E-state index in [1.165, 1.54) is 12.1 Å². The zero-order chi connectivity index (χ0) is 15.3. The van der Waals surface area contributed by atoms with Gasteiger partial charge in [0, 0.05) is 24.9 Å². The second-order valence-electron chi connectivity index (χ2n) is 4.94. The van der Waals surface area contributed by atoms with Gasteiger partial charge in [-0.05, 0) is 37.6 Å². The van der Waals surface area contributed by atoms with Gasteiger partial charge in [-0.25, -0.2) is 4.98 Å². The van der Waals surface area contributed by atoms with Crippen molar-refractivity contribution < 1.29 is 13.2 Å². The molecule has 0 fully saturated rings. The number of aromatic amines is 1. The molecule has 3 nitrogen and oxygen atoms in total. The molecule has 1 unspecified atom stereocenters. The molecule has 2 rings (SSSR count). The number of alkyl halides is 3. The molecule has 2 aromatic rings. The molecule has 1 aromatic carbocycles. The Morgan fingerprint density at radius 3 is 2.52 bits per heavy atom. The van der Waals surface area contributed by atoms with E-state index < -0.39 is 11.7 Å². The van der Waals surface area contributed by atoms with Crippen molar-refractivity contribution in [3.8, 4) is 0 Å². The molecule has 0 aliphatic carbocycles. The van der Waals surface area contributed by atoms with Crippen LogP contribution in [0, 0.1) is 0 Å². The summed E-state index contributed by atoms with van der Waals surface area (Å²) in [6, 6.07) is 5.30. The number of hydrogen-bond donors (Lipinski definition) is 2. The Kier molecular flexibility index (Phi) is 5.01. The van der Waals surface area contributed by atoms with Crippen molar-refractivity contribution in [1.82, 2.24) is 15.3 Å². The van der Waals surface area contributed by atoms with E-state index in [9.17, 15) is 13.2 Å². The average Bonchev–Trinajstić information content (AvgIpc) is 2.96. The number of benzene rings is 1. The first kappa shape index (κ1) is 15.6. The van der Waals surface area contributed by atoms with E-state index in [2.05, 4.69) is 15.3 Å². The molecule has 0 amide bonds. The van der Waals surface area contributed by atoms with Gasteiger partial charge in [-0.15, -0.1) is 0 Å². The average molecular weight is 297 g/mol. The van der Waals surface area contributed by atoms with Crippen molar-refractivity contribution in [2.45, 2.75) is 32.0 Å². The maximum Gasteiger partial charge on any atom is 0.416 e. The van der Waals surface area contributed by atoms with Crippen molar-refractivity contribution in [3.05, 3.63) is 53.6 Å². The van der Waals surface area contributed by atoms with E-state index in [0.29, 0.717) is 0 Å². The van der Waals surface area contributed by atoms with E-state index in [-0.39, 0.29) is 6.04 Å². The molecule has 0 bridgehead atoms. The molecular weight excluding hydrogens is 279 g/mol. The number of nitrogens with one attached hydrogen (secondary N) is 2. The molecule has 114 valence electrons. The quantitative estimate of drug-likeness (QED) is 0.798. The lowest BCUT2D eigenvalue weighted by atomic mass is 10.1. The molecule has 21 heavy (non-hydrogen) atoms. The van der Waals surface area contributed by atoms with Crippen LogP contribution in [0.25, 0.3) is 0 Å². The fourth-order valence-corrected chi connectivity index (χ4v) is 2.09. The third-order valence-electron chi connectivity index (χ3n) is 3.33. The van der Waals surface area contributed by atoms with Crippen LogP contribution in [0.2, 0.25) is 0 Å². The Labute approximate surface area is 121 Å². The number of hydrogen-bond acceptors (Lipinski definition) is 2. The smallest absolute Gasteiger partial charge is 0.349 e. The lowest BCUT2D eigenvalue weighted by molar-refractivity contribution is -0.137. The maximum atomic E-state index is 12.5. The Morgan fingerprint density at radius 1 is 1.24 bits per heavy atom. The fourth-order valence-electron chi connectivity index (χ4n) is 2.09. The highest BCUT2D eigenvalue weighted by atomic mass is 19.4. The van der Waals surface area contributed by atoms with Crippen LogP contribution in [-0.4, -0.2) is 16.5 Å². The summed E-state index contributed by atoms with van der Waals surface area (Å²) in [6.45, 7) is 2.72. The summed E-state index contributed by atoms with van der Waals surface area (Å²) < 4.78 is 37.4. The van der Waals surface area contributed by atoms with Gasteiger partial charge in [-0.2, -0.15) is 13.2 Å². The number of rotatable bonds is 6. The van der Waals surface area contributed by atoms with E-state index in [4.69, 9.17) is 0 Å². The van der Waals surface area contributed by atoms with Crippen molar-refractivity contribution in [2.24, 2.45) is 0 Å². The van der Waals surface area contributed by atoms with Crippen molar-refractivity contribution >= 4 is 0 Å². The third kappa shape index (κ3) is 4.60. The normalized spacial score (nSPS) is 13.3. The summed E-state index contributed by atoms with van der Waals surface area (Å²) >= 11 is 0. The molecule has 2 N–H and O–H groups in total. The van der Waals surface area contributed by atoms with Crippen LogP contribution in [-0.2, 0) is 12.6 Å². The minimum absolute atomic E-state index is 0.0175. The first-order valence-corrected chi connectivity index (χ1v) is 6.85. The number of nitrogens with zero attached hydrogens (tertiary/aromatic N) is 1. The first-order valence-electron chi connectivity index (χ1n) is 6.85. The monoisotopic (exact) mass is 297 g/mol. The van der Waals surface area contributed by atoms with Crippen LogP contribution in [0.3, 0.4) is 0 Å². The summed E-state index contributed by atoms with van der Waals surface area (Å²) in [5, 5.41) is 3.30. The number of imidazole rings is 1. The van der Waals surface area contributed by atoms with E-state index in [0.717, 1.165) is 42.9 Å². The number of halogens is 3. The van der Waals surface area contributed by atoms with Gasteiger partial charge < -0.3 is 10.3 Å². The Balaban J connectivity index is 1.79. The summed E-state index contributed by atoms with van der Waals surface area (Å²) in [4.78, 5) is 7.17. The molecule has 0 aliphatic rings. The lowest BCUT2D eigenvalue weighted by Gasteiger charge is -2.15. The minimum atomic E-state index is -4.28. The van der Waals surface area contributed by atoms with Crippen LogP contribution in [0.15, 0.2) is 36.7 Å². The first-order chi connectivity index (χ1) is 9.97. The van der Waals surface area contributed by atoms with Gasteiger partial charge in [0.25, 0.3) is 0 Å². The number of aromatic nitrogens is 2. The number of aryl methyl sites for hydroxylation is 1. The highest BCUT2D eigenvalue weighted by Crippen LogP contribution is 2.29. The predicted molar refractivity (Wildman–Crippen MR) is 74.8 cm³/mol. The predicted octanol–water partition coefficient (Wildman–Crippen LogP) is 3.71. The van der Waals surface area contributed by atoms with Gasteiger partial charge in [0.15, 0.2) is 0 Å². The Hall–Kier alpha value is -1.82. The second kappa shape index (κ2) is 6.76. The highest BCUT2D eigenvalue weighted by Gasteiger charge is 2.30. The van der Waals surface area contributed by atoms with Gasteiger partial charge in [-0.1, -0.05) is 12.1 Å². The summed E-state index contributed by atoms with van der Waals surface area (Å²) in [5.74, 6) is 0.944. The van der Waals surface area contributed by atoms with Crippen LogP contribution in [0.4, 0.5) is 13.2 Å². The molecule has 1 aromatic heterocycles. The Bertz CT molecular complexity index is 532. The van der Waals surface area contributed by atoms with Gasteiger partial charge in [0.05, 0.1) is 5.56 Å². The van der Waals surface area contributed by atoms with E-state index in [1.807, 2.05) is 6.92 Å². The highest BCUT2D eigenvalue weighted by molar-refractivity contribution is 5.26. The van der Waals surface area contributed by atoms with Crippen molar-refractivity contribution in [3.63, 3.8) is 0 Å². The summed E-state index contributed by atoms with van der Waals surface area (Å²) in [5.41, 5.74) is 0.234. The minimum Gasteiger partial charge on any atom is -0.349 e. The molecule has 0 radical (unpaired) electrons. The molecule has 0 spiro atoms. The molecule has 1 heterocycles. The molecule has 6 heteroatoms. The summed E-state index contributed by atoms with van der Waals surface area (Å²) in [6.07, 6.45) is 0.984. The standard InChI is InChI=1S/C15H18F3N3/c1-11(19-8-2-3-14-20-9-10-21-14)12-4-6-13(7-5-12)15(16,17)18/h4-7,9-11,19H,2-3,8H2,1H3,(H,20,21). The zero-order valence-corrected chi connectivity index (χ0v) is 11.7. The zero-order valence-electron chi connectivity index (χ0n) is 11.7. The summed E-state index contributed by atoms with van der Waals surface area (Å²) in [7, 11) is 0. The van der Waals surface area contributed by atoms with Crippen molar-refractivity contribution in [1.29, 1.82) is 0 Å². The molecular formula is C15H18F3N3. The van der Waals surface area contributed by atoms with Crippen LogP contribution >= 0.6 is 0 Å². The van der Waals surface area contributed by atoms with Crippen LogP contribution in [0.1, 0.15) is 36.3 Å². The van der Waals surface area contributed by atoms with Gasteiger partial charge >= 0.3 is 6.18 Å². The SMILES string of the molecule is CC(NCCCc1ncc[nH]1)c1ccc(C(F)(F)F)cc1. The van der Waals surface area contributed by atoms with Gasteiger partial charge in [-0.3, -0.25) is 0 Å². The van der Waals surface area contributed by atoms with E-state index >= 15 is 0 Å². The van der Waals surface area contributed by atoms with Crippen LogP contribution in [0.5, 0.6) is 0 Å². The topological polar surface area (TPSA) is 40.7 Å². The molecule has 0 saturated carbocycles. The van der Waals surface area contributed by atoms with Crippen molar-refractivity contribution in [2.75, 3.05) is 6.54 Å².